The van der Waals surface area contributed by atoms with Crippen LogP contribution in [0.5, 0.6) is 0 Å². The van der Waals surface area contributed by atoms with E-state index in [1.54, 1.807) is 4.40 Å². The summed E-state index contributed by atoms with van der Waals surface area (Å²) in [6.45, 7) is 0.821. The van der Waals surface area contributed by atoms with E-state index in [0.29, 0.717) is 17.4 Å². The van der Waals surface area contributed by atoms with Gasteiger partial charge in [0.2, 0.25) is 0 Å². The highest BCUT2D eigenvalue weighted by atomic mass is 16.3. The van der Waals surface area contributed by atoms with Crippen LogP contribution in [0, 0.1) is 5.92 Å². The molecule has 0 bridgehead atoms. The summed E-state index contributed by atoms with van der Waals surface area (Å²) in [5, 5.41) is 9.32. The summed E-state index contributed by atoms with van der Waals surface area (Å²) >= 11 is 0. The van der Waals surface area contributed by atoms with Crippen molar-refractivity contribution in [3.8, 4) is 0 Å². The summed E-state index contributed by atoms with van der Waals surface area (Å²) in [7, 11) is 1.94. The van der Waals surface area contributed by atoms with Gasteiger partial charge in [0, 0.05) is 19.8 Å². The number of carbonyl (C=O) groups is 1. The van der Waals surface area contributed by atoms with Gasteiger partial charge in [-0.25, -0.2) is 4.98 Å². The number of hydrogen-bond acceptors (Lipinski definition) is 4. The van der Waals surface area contributed by atoms with Crippen molar-refractivity contribution < 1.29 is 9.90 Å². The SMILES string of the molecule is CN(CC1CC(O)C1)c1nc2ccccn2c1C=O. The van der Waals surface area contributed by atoms with Crippen LogP contribution in [0.25, 0.3) is 5.65 Å². The van der Waals surface area contributed by atoms with Gasteiger partial charge in [-0.1, -0.05) is 6.07 Å². The molecule has 5 nitrogen and oxygen atoms in total. The lowest BCUT2D eigenvalue weighted by molar-refractivity contribution is 0.0464. The number of rotatable bonds is 4. The van der Waals surface area contributed by atoms with Crippen molar-refractivity contribution in [3.63, 3.8) is 0 Å². The molecule has 1 saturated carbocycles. The van der Waals surface area contributed by atoms with E-state index in [4.69, 9.17) is 0 Å². The van der Waals surface area contributed by atoms with E-state index < -0.39 is 0 Å². The van der Waals surface area contributed by atoms with Crippen molar-refractivity contribution in [2.24, 2.45) is 5.92 Å². The normalized spacial score (nSPS) is 22.2. The molecule has 1 N–H and O–H groups in total. The molecule has 2 heterocycles. The molecule has 0 aromatic carbocycles. The van der Waals surface area contributed by atoms with Crippen LogP contribution in [0.2, 0.25) is 0 Å². The van der Waals surface area contributed by atoms with E-state index in [0.717, 1.165) is 31.3 Å². The van der Waals surface area contributed by atoms with Crippen molar-refractivity contribution in [2.75, 3.05) is 18.5 Å². The average Bonchev–Trinajstić information content (AvgIpc) is 2.75. The van der Waals surface area contributed by atoms with Crippen molar-refractivity contribution in [1.82, 2.24) is 9.38 Å². The zero-order valence-corrected chi connectivity index (χ0v) is 10.9. The summed E-state index contributed by atoms with van der Waals surface area (Å²) in [5.41, 5.74) is 1.36. The first-order valence-electron chi connectivity index (χ1n) is 6.50. The first-order valence-corrected chi connectivity index (χ1v) is 6.50. The van der Waals surface area contributed by atoms with Gasteiger partial charge in [-0.3, -0.25) is 9.20 Å². The minimum Gasteiger partial charge on any atom is -0.393 e. The van der Waals surface area contributed by atoms with E-state index in [9.17, 15) is 9.90 Å². The molecular formula is C14H17N3O2. The number of aliphatic hydroxyl groups excluding tert-OH is 1. The standard InChI is InChI=1S/C14H17N3O2/c1-16(8-10-6-11(19)7-10)14-12(9-18)17-5-3-2-4-13(17)15-14/h2-5,9-11,19H,6-8H2,1H3. The molecular weight excluding hydrogens is 242 g/mol. The highest BCUT2D eigenvalue weighted by molar-refractivity contribution is 5.83. The molecule has 100 valence electrons. The molecule has 0 unspecified atom stereocenters. The maximum absolute atomic E-state index is 11.3. The minimum atomic E-state index is -0.148. The number of aliphatic hydroxyl groups is 1. The number of imidazole rings is 1. The molecule has 19 heavy (non-hydrogen) atoms. The van der Waals surface area contributed by atoms with Crippen LogP contribution in [0.15, 0.2) is 24.4 Å². The molecule has 0 amide bonds. The van der Waals surface area contributed by atoms with Gasteiger partial charge in [-0.05, 0) is 30.9 Å². The Morgan fingerprint density at radius 3 is 3.00 bits per heavy atom. The summed E-state index contributed by atoms with van der Waals surface area (Å²) in [5.74, 6) is 1.20. The van der Waals surface area contributed by atoms with Gasteiger partial charge in [-0.15, -0.1) is 0 Å². The lowest BCUT2D eigenvalue weighted by atomic mass is 9.82. The minimum absolute atomic E-state index is 0.148. The number of aromatic nitrogens is 2. The van der Waals surface area contributed by atoms with Crippen LogP contribution >= 0.6 is 0 Å². The highest BCUT2D eigenvalue weighted by Gasteiger charge is 2.29. The van der Waals surface area contributed by atoms with Crippen molar-refractivity contribution in [3.05, 3.63) is 30.1 Å². The largest absolute Gasteiger partial charge is 0.393 e. The first kappa shape index (κ1) is 12.2. The molecule has 0 atom stereocenters. The number of aldehydes is 1. The summed E-state index contributed by atoms with van der Waals surface area (Å²) in [6, 6.07) is 5.67. The average molecular weight is 259 g/mol. The molecule has 1 fully saturated rings. The number of nitrogens with zero attached hydrogens (tertiary/aromatic N) is 3. The number of carbonyl (C=O) groups excluding carboxylic acids is 1. The van der Waals surface area contributed by atoms with E-state index in [2.05, 4.69) is 4.98 Å². The Hall–Kier alpha value is -1.88. The second-order valence-electron chi connectivity index (χ2n) is 5.24. The van der Waals surface area contributed by atoms with Gasteiger partial charge >= 0.3 is 0 Å². The Labute approximate surface area is 111 Å². The molecule has 5 heteroatoms. The molecule has 0 spiro atoms. The predicted octanol–water partition coefficient (Wildman–Crippen LogP) is 1.35. The molecule has 1 aliphatic carbocycles. The summed E-state index contributed by atoms with van der Waals surface area (Å²) < 4.78 is 1.80. The van der Waals surface area contributed by atoms with Crippen LogP contribution < -0.4 is 4.90 Å². The maximum atomic E-state index is 11.3. The fraction of sp³-hybridized carbons (Fsp3) is 0.429. The molecule has 0 saturated heterocycles. The highest BCUT2D eigenvalue weighted by Crippen LogP contribution is 2.29. The number of pyridine rings is 1. The van der Waals surface area contributed by atoms with Gasteiger partial charge in [0.1, 0.15) is 11.3 Å². The van der Waals surface area contributed by atoms with Crippen LogP contribution in [0.4, 0.5) is 5.82 Å². The van der Waals surface area contributed by atoms with E-state index in [-0.39, 0.29) is 6.10 Å². The predicted molar refractivity (Wildman–Crippen MR) is 72.6 cm³/mol. The molecule has 1 aliphatic rings. The third kappa shape index (κ3) is 2.10. The van der Waals surface area contributed by atoms with Gasteiger partial charge < -0.3 is 10.0 Å². The van der Waals surface area contributed by atoms with Crippen LogP contribution in [-0.4, -0.2) is 40.5 Å². The smallest absolute Gasteiger partial charge is 0.170 e. The van der Waals surface area contributed by atoms with Crippen LogP contribution in [0.1, 0.15) is 23.3 Å². The Kier molecular flexibility index (Phi) is 2.98. The molecule has 0 radical (unpaired) electrons. The van der Waals surface area contributed by atoms with Gasteiger partial charge in [-0.2, -0.15) is 0 Å². The molecule has 2 aromatic heterocycles. The zero-order valence-electron chi connectivity index (χ0n) is 10.9. The van der Waals surface area contributed by atoms with Gasteiger partial charge in [0.05, 0.1) is 6.10 Å². The van der Waals surface area contributed by atoms with Gasteiger partial charge in [0.15, 0.2) is 12.1 Å². The van der Waals surface area contributed by atoms with E-state index in [1.165, 1.54) is 0 Å². The Balaban J connectivity index is 1.88. The van der Waals surface area contributed by atoms with E-state index in [1.807, 2.05) is 36.3 Å². The third-order valence-electron chi connectivity index (χ3n) is 3.76. The van der Waals surface area contributed by atoms with Crippen molar-refractivity contribution in [1.29, 1.82) is 0 Å². The Bertz CT molecular complexity index is 602. The fourth-order valence-electron chi connectivity index (χ4n) is 2.72. The summed E-state index contributed by atoms with van der Waals surface area (Å²) in [6.07, 6.45) is 4.23. The van der Waals surface area contributed by atoms with Crippen LogP contribution in [0.3, 0.4) is 0 Å². The topological polar surface area (TPSA) is 57.8 Å². The second kappa shape index (κ2) is 4.66. The number of anilines is 1. The monoisotopic (exact) mass is 259 g/mol. The zero-order chi connectivity index (χ0) is 13.4. The van der Waals surface area contributed by atoms with Gasteiger partial charge in [0.25, 0.3) is 0 Å². The molecule has 2 aromatic rings. The Morgan fingerprint density at radius 1 is 1.53 bits per heavy atom. The third-order valence-corrected chi connectivity index (χ3v) is 3.76. The van der Waals surface area contributed by atoms with E-state index >= 15 is 0 Å². The first-order chi connectivity index (χ1) is 9.19. The van der Waals surface area contributed by atoms with Crippen molar-refractivity contribution in [2.45, 2.75) is 18.9 Å². The maximum Gasteiger partial charge on any atom is 0.170 e. The fourth-order valence-corrected chi connectivity index (χ4v) is 2.72. The van der Waals surface area contributed by atoms with Crippen LogP contribution in [-0.2, 0) is 0 Å². The number of fused-ring (bicyclic) bond motifs is 1. The molecule has 0 aliphatic heterocycles. The van der Waals surface area contributed by atoms with Crippen molar-refractivity contribution >= 4 is 17.8 Å². The second-order valence-corrected chi connectivity index (χ2v) is 5.24. The summed E-state index contributed by atoms with van der Waals surface area (Å²) in [4.78, 5) is 17.8. The Morgan fingerprint density at radius 2 is 2.32 bits per heavy atom. The lowest BCUT2D eigenvalue weighted by Gasteiger charge is -2.34. The number of hydrogen-bond donors (Lipinski definition) is 1. The molecule has 3 rings (SSSR count). The quantitative estimate of drug-likeness (QED) is 0.842. The lowest BCUT2D eigenvalue weighted by Crippen LogP contribution is -2.37.